The largest absolute Gasteiger partial charge is 0.305 e. The number of hydrogen-bond donors (Lipinski definition) is 0. The number of fused-ring (bicyclic) bond motifs is 1. The standard InChI is InChI=1S/C15H15N3S/c1-2-6-11(5-1)18-14-12(7-3-9-16-14)17-15(18)13-8-4-10-19-13/h3-4,7-11H,1-2,5-6H2. The number of hydrogen-bond acceptors (Lipinski definition) is 3. The molecule has 4 heteroatoms. The van der Waals surface area contributed by atoms with Crippen LogP contribution in [-0.2, 0) is 0 Å². The lowest BCUT2D eigenvalue weighted by atomic mass is 10.2. The first-order valence-electron chi connectivity index (χ1n) is 6.80. The molecule has 3 aromatic rings. The zero-order valence-electron chi connectivity index (χ0n) is 10.6. The monoisotopic (exact) mass is 269 g/mol. The summed E-state index contributed by atoms with van der Waals surface area (Å²) in [6.45, 7) is 0. The van der Waals surface area contributed by atoms with Crippen LogP contribution in [0.2, 0.25) is 0 Å². The normalized spacial score (nSPS) is 16.4. The van der Waals surface area contributed by atoms with E-state index in [1.807, 2.05) is 12.3 Å². The SMILES string of the molecule is c1csc(-c2nc3cccnc3n2C2CCCC2)c1. The van der Waals surface area contributed by atoms with E-state index < -0.39 is 0 Å². The Hall–Kier alpha value is -1.68. The lowest BCUT2D eigenvalue weighted by Crippen LogP contribution is -2.06. The summed E-state index contributed by atoms with van der Waals surface area (Å²) in [6, 6.07) is 8.83. The Bertz CT molecular complexity index is 693. The summed E-state index contributed by atoms with van der Waals surface area (Å²) in [5.74, 6) is 1.09. The van der Waals surface area contributed by atoms with Gasteiger partial charge < -0.3 is 4.57 Å². The van der Waals surface area contributed by atoms with Crippen molar-refractivity contribution in [1.82, 2.24) is 14.5 Å². The molecule has 1 saturated carbocycles. The fourth-order valence-electron chi connectivity index (χ4n) is 3.02. The summed E-state index contributed by atoms with van der Waals surface area (Å²) in [4.78, 5) is 10.6. The van der Waals surface area contributed by atoms with Gasteiger partial charge in [-0.15, -0.1) is 11.3 Å². The molecule has 0 aliphatic heterocycles. The average Bonchev–Trinajstić information content (AvgIpc) is 3.17. The molecule has 0 spiro atoms. The van der Waals surface area contributed by atoms with Crippen molar-refractivity contribution in [3.63, 3.8) is 0 Å². The summed E-state index contributed by atoms with van der Waals surface area (Å²) in [7, 11) is 0. The second-order valence-electron chi connectivity index (χ2n) is 5.07. The van der Waals surface area contributed by atoms with Gasteiger partial charge in [0.05, 0.1) is 4.88 Å². The van der Waals surface area contributed by atoms with Gasteiger partial charge in [0.15, 0.2) is 11.5 Å². The molecule has 3 nitrogen and oxygen atoms in total. The van der Waals surface area contributed by atoms with Crippen molar-refractivity contribution in [3.8, 4) is 10.7 Å². The minimum absolute atomic E-state index is 0.567. The Kier molecular flexibility index (Phi) is 2.62. The van der Waals surface area contributed by atoms with Crippen LogP contribution >= 0.6 is 11.3 Å². The molecular formula is C15H15N3S. The van der Waals surface area contributed by atoms with E-state index in [0.717, 1.165) is 17.0 Å². The molecule has 0 saturated heterocycles. The zero-order chi connectivity index (χ0) is 12.7. The van der Waals surface area contributed by atoms with Gasteiger partial charge in [0, 0.05) is 12.2 Å². The maximum Gasteiger partial charge on any atom is 0.160 e. The quantitative estimate of drug-likeness (QED) is 0.695. The average molecular weight is 269 g/mol. The Morgan fingerprint density at radius 2 is 2.05 bits per heavy atom. The molecule has 4 rings (SSSR count). The van der Waals surface area contributed by atoms with Crippen LogP contribution in [0, 0.1) is 0 Å². The fraction of sp³-hybridized carbons (Fsp3) is 0.333. The van der Waals surface area contributed by atoms with Gasteiger partial charge in [-0.2, -0.15) is 0 Å². The van der Waals surface area contributed by atoms with Gasteiger partial charge in [-0.25, -0.2) is 9.97 Å². The molecular weight excluding hydrogens is 254 g/mol. The lowest BCUT2D eigenvalue weighted by Gasteiger charge is -2.14. The molecule has 3 aromatic heterocycles. The Labute approximate surface area is 115 Å². The molecule has 1 fully saturated rings. The van der Waals surface area contributed by atoms with Crippen molar-refractivity contribution in [3.05, 3.63) is 35.8 Å². The summed E-state index contributed by atoms with van der Waals surface area (Å²) in [6.07, 6.45) is 7.01. The van der Waals surface area contributed by atoms with Crippen LogP contribution in [-0.4, -0.2) is 14.5 Å². The Morgan fingerprint density at radius 3 is 2.84 bits per heavy atom. The van der Waals surface area contributed by atoms with Gasteiger partial charge in [0.1, 0.15) is 5.52 Å². The van der Waals surface area contributed by atoms with Gasteiger partial charge in [-0.3, -0.25) is 0 Å². The number of imidazole rings is 1. The number of pyridine rings is 1. The topological polar surface area (TPSA) is 30.7 Å². The van der Waals surface area contributed by atoms with Crippen molar-refractivity contribution in [2.75, 3.05) is 0 Å². The maximum absolute atomic E-state index is 4.81. The van der Waals surface area contributed by atoms with Gasteiger partial charge >= 0.3 is 0 Å². The molecule has 3 heterocycles. The van der Waals surface area contributed by atoms with Crippen molar-refractivity contribution >= 4 is 22.5 Å². The molecule has 0 N–H and O–H groups in total. The molecule has 1 aliphatic carbocycles. The van der Waals surface area contributed by atoms with E-state index in [1.165, 1.54) is 30.6 Å². The number of nitrogens with zero attached hydrogens (tertiary/aromatic N) is 3. The highest BCUT2D eigenvalue weighted by Gasteiger charge is 2.24. The minimum atomic E-state index is 0.567. The van der Waals surface area contributed by atoms with E-state index >= 15 is 0 Å². The van der Waals surface area contributed by atoms with Crippen molar-refractivity contribution in [2.24, 2.45) is 0 Å². The van der Waals surface area contributed by atoms with E-state index in [0.29, 0.717) is 6.04 Å². The Balaban J connectivity index is 1.98. The molecule has 0 aromatic carbocycles. The van der Waals surface area contributed by atoms with Crippen molar-refractivity contribution in [2.45, 2.75) is 31.7 Å². The van der Waals surface area contributed by atoms with Crippen LogP contribution in [0.25, 0.3) is 21.9 Å². The molecule has 0 atom stereocenters. The van der Waals surface area contributed by atoms with Crippen LogP contribution in [0.4, 0.5) is 0 Å². The highest BCUT2D eigenvalue weighted by molar-refractivity contribution is 7.13. The molecule has 19 heavy (non-hydrogen) atoms. The van der Waals surface area contributed by atoms with E-state index in [2.05, 4.69) is 33.1 Å². The van der Waals surface area contributed by atoms with Crippen LogP contribution < -0.4 is 0 Å². The first-order valence-corrected chi connectivity index (χ1v) is 7.68. The summed E-state index contributed by atoms with van der Waals surface area (Å²) >= 11 is 1.75. The van der Waals surface area contributed by atoms with E-state index in [4.69, 9.17) is 4.98 Å². The number of thiophene rings is 1. The highest BCUT2D eigenvalue weighted by Crippen LogP contribution is 2.37. The minimum Gasteiger partial charge on any atom is -0.305 e. The molecule has 96 valence electrons. The molecule has 0 bridgehead atoms. The predicted octanol–water partition coefficient (Wildman–Crippen LogP) is 4.27. The van der Waals surface area contributed by atoms with Crippen molar-refractivity contribution < 1.29 is 0 Å². The number of aromatic nitrogens is 3. The third kappa shape index (κ3) is 1.78. The highest BCUT2D eigenvalue weighted by atomic mass is 32.1. The second kappa shape index (κ2) is 4.46. The van der Waals surface area contributed by atoms with E-state index in [-0.39, 0.29) is 0 Å². The second-order valence-corrected chi connectivity index (χ2v) is 6.01. The first-order chi connectivity index (χ1) is 9.43. The van der Waals surface area contributed by atoms with Gasteiger partial charge in [0.2, 0.25) is 0 Å². The van der Waals surface area contributed by atoms with Gasteiger partial charge in [-0.1, -0.05) is 18.9 Å². The molecule has 0 unspecified atom stereocenters. The van der Waals surface area contributed by atoms with Gasteiger partial charge in [0.25, 0.3) is 0 Å². The lowest BCUT2D eigenvalue weighted by molar-refractivity contribution is 0.535. The first kappa shape index (κ1) is 11.2. The summed E-state index contributed by atoms with van der Waals surface area (Å²) < 4.78 is 2.37. The van der Waals surface area contributed by atoms with Crippen LogP contribution in [0.15, 0.2) is 35.8 Å². The van der Waals surface area contributed by atoms with Gasteiger partial charge in [-0.05, 0) is 36.4 Å². The van der Waals surface area contributed by atoms with Crippen LogP contribution in [0.3, 0.4) is 0 Å². The van der Waals surface area contributed by atoms with E-state index in [1.54, 1.807) is 11.3 Å². The number of rotatable bonds is 2. The van der Waals surface area contributed by atoms with Crippen LogP contribution in [0.5, 0.6) is 0 Å². The fourth-order valence-corrected chi connectivity index (χ4v) is 3.73. The third-order valence-corrected chi connectivity index (χ3v) is 4.75. The third-order valence-electron chi connectivity index (χ3n) is 3.88. The smallest absolute Gasteiger partial charge is 0.160 e. The van der Waals surface area contributed by atoms with Crippen molar-refractivity contribution in [1.29, 1.82) is 0 Å². The molecule has 0 amide bonds. The van der Waals surface area contributed by atoms with E-state index in [9.17, 15) is 0 Å². The summed E-state index contributed by atoms with van der Waals surface area (Å²) in [5.41, 5.74) is 2.05. The van der Waals surface area contributed by atoms with Crippen LogP contribution in [0.1, 0.15) is 31.7 Å². The Morgan fingerprint density at radius 1 is 1.16 bits per heavy atom. The maximum atomic E-state index is 4.81. The molecule has 1 aliphatic rings. The summed E-state index contributed by atoms with van der Waals surface area (Å²) in [5, 5.41) is 2.11. The molecule has 0 radical (unpaired) electrons. The predicted molar refractivity (Wildman–Crippen MR) is 78.3 cm³/mol. The zero-order valence-corrected chi connectivity index (χ0v) is 11.4.